The first kappa shape index (κ1) is 12.2. The molecule has 0 aliphatic rings. The summed E-state index contributed by atoms with van der Waals surface area (Å²) >= 11 is 5.79. The van der Waals surface area contributed by atoms with E-state index >= 15 is 0 Å². The van der Waals surface area contributed by atoms with Gasteiger partial charge in [-0.25, -0.2) is 0 Å². The maximum atomic E-state index is 10.8. The predicted octanol–water partition coefficient (Wildman–Crippen LogP) is 3.58. The first-order valence-electron chi connectivity index (χ1n) is 4.41. The van der Waals surface area contributed by atoms with Gasteiger partial charge in [-0.3, -0.25) is 4.79 Å². The summed E-state index contributed by atoms with van der Waals surface area (Å²) in [6.07, 6.45) is 0. The van der Waals surface area contributed by atoms with Gasteiger partial charge in [-0.1, -0.05) is 44.2 Å². The van der Waals surface area contributed by atoms with Crippen molar-refractivity contribution in [2.24, 2.45) is 0 Å². The van der Waals surface area contributed by atoms with E-state index in [0.29, 0.717) is 0 Å². The van der Waals surface area contributed by atoms with Crippen molar-refractivity contribution >= 4 is 17.4 Å². The SMILES string of the molecule is CC.CC(=O)C(Cl)c1ccccc1. The molecule has 0 bridgehead atoms. The van der Waals surface area contributed by atoms with Gasteiger partial charge in [-0.2, -0.15) is 0 Å². The second-order valence-electron chi connectivity index (χ2n) is 2.38. The van der Waals surface area contributed by atoms with Gasteiger partial charge in [0.25, 0.3) is 0 Å². The first-order valence-corrected chi connectivity index (χ1v) is 4.85. The lowest BCUT2D eigenvalue weighted by atomic mass is 10.1. The van der Waals surface area contributed by atoms with Crippen molar-refractivity contribution in [3.05, 3.63) is 35.9 Å². The van der Waals surface area contributed by atoms with Crippen LogP contribution in [0.25, 0.3) is 0 Å². The molecule has 0 saturated carbocycles. The topological polar surface area (TPSA) is 17.1 Å². The zero-order valence-electron chi connectivity index (χ0n) is 8.25. The third-order valence-corrected chi connectivity index (χ3v) is 2.01. The highest BCUT2D eigenvalue weighted by molar-refractivity contribution is 6.30. The molecule has 0 aliphatic heterocycles. The van der Waals surface area contributed by atoms with Crippen molar-refractivity contribution in [2.75, 3.05) is 0 Å². The number of hydrogen-bond acceptors (Lipinski definition) is 1. The number of rotatable bonds is 2. The molecule has 72 valence electrons. The molecule has 2 heteroatoms. The molecule has 13 heavy (non-hydrogen) atoms. The Morgan fingerprint density at radius 2 is 1.69 bits per heavy atom. The van der Waals surface area contributed by atoms with Crippen LogP contribution < -0.4 is 0 Å². The van der Waals surface area contributed by atoms with Crippen LogP contribution >= 0.6 is 11.6 Å². The van der Waals surface area contributed by atoms with E-state index in [1.165, 1.54) is 6.92 Å². The summed E-state index contributed by atoms with van der Waals surface area (Å²) in [5.74, 6) is -0.0159. The molecule has 0 N–H and O–H groups in total. The van der Waals surface area contributed by atoms with Crippen molar-refractivity contribution in [2.45, 2.75) is 26.1 Å². The smallest absolute Gasteiger partial charge is 0.152 e. The Morgan fingerprint density at radius 1 is 1.23 bits per heavy atom. The van der Waals surface area contributed by atoms with Crippen LogP contribution in [0.3, 0.4) is 0 Å². The van der Waals surface area contributed by atoms with Gasteiger partial charge in [0.15, 0.2) is 5.78 Å². The van der Waals surface area contributed by atoms with Crippen LogP contribution in [-0.2, 0) is 4.79 Å². The molecular formula is C11H15ClO. The largest absolute Gasteiger partial charge is 0.298 e. The van der Waals surface area contributed by atoms with Gasteiger partial charge in [0.2, 0.25) is 0 Å². The molecule has 1 nitrogen and oxygen atoms in total. The van der Waals surface area contributed by atoms with Crippen molar-refractivity contribution in [3.8, 4) is 0 Å². The second kappa shape index (κ2) is 6.67. The van der Waals surface area contributed by atoms with E-state index in [2.05, 4.69) is 0 Å². The summed E-state index contributed by atoms with van der Waals surface area (Å²) in [5.41, 5.74) is 0.863. The molecule has 0 heterocycles. The van der Waals surface area contributed by atoms with Crippen LogP contribution in [0.5, 0.6) is 0 Å². The number of carbonyl (C=O) groups excluding carboxylic acids is 1. The molecule has 0 fully saturated rings. The highest BCUT2D eigenvalue weighted by Crippen LogP contribution is 2.20. The van der Waals surface area contributed by atoms with Crippen molar-refractivity contribution in [1.82, 2.24) is 0 Å². The number of halogens is 1. The zero-order chi connectivity index (χ0) is 10.3. The molecule has 0 saturated heterocycles. The summed E-state index contributed by atoms with van der Waals surface area (Å²) in [6.45, 7) is 5.49. The first-order chi connectivity index (χ1) is 6.22. The van der Waals surface area contributed by atoms with Crippen LogP contribution in [0.1, 0.15) is 31.7 Å². The fourth-order valence-corrected chi connectivity index (χ4v) is 1.00. The molecule has 1 aromatic rings. The van der Waals surface area contributed by atoms with E-state index in [9.17, 15) is 4.79 Å². The minimum absolute atomic E-state index is 0.0159. The Balaban J connectivity index is 0.000000671. The fourth-order valence-electron chi connectivity index (χ4n) is 0.857. The quantitative estimate of drug-likeness (QED) is 0.664. The summed E-state index contributed by atoms with van der Waals surface area (Å²) in [4.78, 5) is 10.8. The monoisotopic (exact) mass is 198 g/mol. The summed E-state index contributed by atoms with van der Waals surface area (Å²) < 4.78 is 0. The number of ketones is 1. The lowest BCUT2D eigenvalue weighted by Gasteiger charge is -2.03. The van der Waals surface area contributed by atoms with Crippen LogP contribution in [-0.4, -0.2) is 5.78 Å². The molecular weight excluding hydrogens is 184 g/mol. The fraction of sp³-hybridized carbons (Fsp3) is 0.364. The van der Waals surface area contributed by atoms with Crippen molar-refractivity contribution < 1.29 is 4.79 Å². The standard InChI is InChI=1S/C9H9ClO.C2H6/c1-7(11)9(10)8-5-3-2-4-6-8;1-2/h2-6,9H,1H3;1-2H3. The van der Waals surface area contributed by atoms with Gasteiger partial charge in [0.1, 0.15) is 5.38 Å². The Bertz CT molecular complexity index is 244. The number of hydrogen-bond donors (Lipinski definition) is 0. The van der Waals surface area contributed by atoms with E-state index < -0.39 is 5.38 Å². The molecule has 1 rings (SSSR count). The average Bonchev–Trinajstić information content (AvgIpc) is 2.21. The van der Waals surface area contributed by atoms with Crippen LogP contribution in [0.2, 0.25) is 0 Å². The molecule has 0 spiro atoms. The Morgan fingerprint density at radius 3 is 2.08 bits per heavy atom. The second-order valence-corrected chi connectivity index (χ2v) is 2.82. The normalized spacial score (nSPS) is 11.1. The van der Waals surface area contributed by atoms with Crippen molar-refractivity contribution in [1.29, 1.82) is 0 Å². The summed E-state index contributed by atoms with van der Waals surface area (Å²) in [6, 6.07) is 9.33. The Kier molecular flexibility index (Phi) is 6.25. The predicted molar refractivity (Wildman–Crippen MR) is 57.1 cm³/mol. The third-order valence-electron chi connectivity index (χ3n) is 1.45. The highest BCUT2D eigenvalue weighted by Gasteiger charge is 2.11. The van der Waals surface area contributed by atoms with E-state index in [1.807, 2.05) is 44.2 Å². The van der Waals surface area contributed by atoms with Gasteiger partial charge in [0, 0.05) is 0 Å². The summed E-state index contributed by atoms with van der Waals surface area (Å²) in [5, 5.41) is -0.490. The van der Waals surface area contributed by atoms with Gasteiger partial charge >= 0.3 is 0 Å². The molecule has 0 amide bonds. The summed E-state index contributed by atoms with van der Waals surface area (Å²) in [7, 11) is 0. The molecule has 0 aliphatic carbocycles. The Labute approximate surface area is 84.7 Å². The molecule has 1 unspecified atom stereocenters. The highest BCUT2D eigenvalue weighted by atomic mass is 35.5. The van der Waals surface area contributed by atoms with E-state index in [1.54, 1.807) is 0 Å². The zero-order valence-corrected chi connectivity index (χ0v) is 9.01. The molecule has 1 aromatic carbocycles. The minimum Gasteiger partial charge on any atom is -0.298 e. The number of alkyl halides is 1. The Hall–Kier alpha value is -0.820. The molecule has 1 atom stereocenters. The number of Topliss-reactive ketones (excluding diaryl/α,β-unsaturated/α-hetero) is 1. The third kappa shape index (κ3) is 4.09. The van der Waals surface area contributed by atoms with E-state index in [-0.39, 0.29) is 5.78 Å². The lowest BCUT2D eigenvalue weighted by molar-refractivity contribution is -0.116. The van der Waals surface area contributed by atoms with Gasteiger partial charge in [0.05, 0.1) is 0 Å². The van der Waals surface area contributed by atoms with Gasteiger partial charge in [-0.05, 0) is 12.5 Å². The van der Waals surface area contributed by atoms with Crippen LogP contribution in [0.4, 0.5) is 0 Å². The van der Waals surface area contributed by atoms with Gasteiger partial charge in [-0.15, -0.1) is 11.6 Å². The van der Waals surface area contributed by atoms with Crippen LogP contribution in [0.15, 0.2) is 30.3 Å². The number of carbonyl (C=O) groups is 1. The van der Waals surface area contributed by atoms with Crippen LogP contribution in [0, 0.1) is 0 Å². The minimum atomic E-state index is -0.490. The average molecular weight is 199 g/mol. The molecule has 0 aromatic heterocycles. The number of benzene rings is 1. The maximum Gasteiger partial charge on any atom is 0.152 e. The maximum absolute atomic E-state index is 10.8. The lowest BCUT2D eigenvalue weighted by Crippen LogP contribution is -2.00. The van der Waals surface area contributed by atoms with Crippen molar-refractivity contribution in [3.63, 3.8) is 0 Å². The van der Waals surface area contributed by atoms with E-state index in [0.717, 1.165) is 5.56 Å². The molecule has 0 radical (unpaired) electrons. The van der Waals surface area contributed by atoms with E-state index in [4.69, 9.17) is 11.6 Å². The van der Waals surface area contributed by atoms with Gasteiger partial charge < -0.3 is 0 Å².